The standard InChI is InChI=1S/C18H13Cl2N3O2/c19-13-2-1-3-14(20)16(13)17(24)12-8-15(22-10-12)18(25)23-9-11-4-6-21-7-5-11/h1-8,10,22H,9H2,(H,23,25). The van der Waals surface area contributed by atoms with Crippen molar-refractivity contribution in [1.29, 1.82) is 0 Å². The van der Waals surface area contributed by atoms with Gasteiger partial charge in [-0.05, 0) is 35.9 Å². The van der Waals surface area contributed by atoms with Crippen LogP contribution in [0.15, 0.2) is 55.0 Å². The van der Waals surface area contributed by atoms with Gasteiger partial charge in [0, 0.05) is 30.7 Å². The van der Waals surface area contributed by atoms with Gasteiger partial charge >= 0.3 is 0 Å². The Morgan fingerprint density at radius 3 is 2.44 bits per heavy atom. The molecule has 1 amide bonds. The zero-order valence-corrected chi connectivity index (χ0v) is 14.4. The smallest absolute Gasteiger partial charge is 0.267 e. The number of aromatic amines is 1. The van der Waals surface area contributed by atoms with E-state index in [0.29, 0.717) is 12.1 Å². The number of rotatable bonds is 5. The van der Waals surface area contributed by atoms with Gasteiger partial charge in [0.05, 0.1) is 15.6 Å². The Hall–Kier alpha value is -2.63. The molecule has 0 radical (unpaired) electrons. The van der Waals surface area contributed by atoms with Crippen LogP contribution in [0, 0.1) is 0 Å². The number of hydrogen-bond acceptors (Lipinski definition) is 3. The molecule has 0 aliphatic heterocycles. The lowest BCUT2D eigenvalue weighted by atomic mass is 10.1. The fourth-order valence-electron chi connectivity index (χ4n) is 2.29. The first kappa shape index (κ1) is 17.2. The molecule has 0 spiro atoms. The van der Waals surface area contributed by atoms with E-state index in [2.05, 4.69) is 15.3 Å². The highest BCUT2D eigenvalue weighted by molar-refractivity contribution is 6.41. The van der Waals surface area contributed by atoms with Crippen molar-refractivity contribution < 1.29 is 9.59 Å². The summed E-state index contributed by atoms with van der Waals surface area (Å²) in [5.41, 5.74) is 1.73. The molecule has 3 rings (SSSR count). The van der Waals surface area contributed by atoms with E-state index in [1.165, 1.54) is 12.3 Å². The summed E-state index contributed by atoms with van der Waals surface area (Å²) in [6.45, 7) is 0.361. The number of hydrogen-bond donors (Lipinski definition) is 2. The Labute approximate surface area is 154 Å². The second kappa shape index (κ2) is 7.51. The molecule has 7 heteroatoms. The van der Waals surface area contributed by atoms with Crippen molar-refractivity contribution in [3.05, 3.63) is 87.4 Å². The zero-order valence-electron chi connectivity index (χ0n) is 12.9. The Kier molecular flexibility index (Phi) is 5.16. The Morgan fingerprint density at radius 2 is 1.76 bits per heavy atom. The van der Waals surface area contributed by atoms with E-state index in [1.54, 1.807) is 30.6 Å². The molecule has 1 aromatic carbocycles. The predicted octanol–water partition coefficient (Wildman–Crippen LogP) is 3.88. The average molecular weight is 374 g/mol. The third-order valence-electron chi connectivity index (χ3n) is 3.58. The Morgan fingerprint density at radius 1 is 1.08 bits per heavy atom. The third kappa shape index (κ3) is 3.90. The minimum Gasteiger partial charge on any atom is -0.356 e. The minimum absolute atomic E-state index is 0.216. The highest BCUT2D eigenvalue weighted by atomic mass is 35.5. The number of carbonyl (C=O) groups is 2. The molecule has 2 heterocycles. The number of ketones is 1. The van der Waals surface area contributed by atoms with Crippen molar-refractivity contribution in [2.75, 3.05) is 0 Å². The van der Waals surface area contributed by atoms with Gasteiger partial charge in [0.1, 0.15) is 5.69 Å². The lowest BCUT2D eigenvalue weighted by molar-refractivity contribution is 0.0946. The predicted molar refractivity (Wildman–Crippen MR) is 96.1 cm³/mol. The van der Waals surface area contributed by atoms with Crippen LogP contribution in [0.4, 0.5) is 0 Å². The van der Waals surface area contributed by atoms with E-state index < -0.39 is 0 Å². The minimum atomic E-state index is -0.347. The van der Waals surface area contributed by atoms with Gasteiger partial charge in [-0.3, -0.25) is 14.6 Å². The first-order chi connectivity index (χ1) is 12.1. The molecule has 3 aromatic rings. The summed E-state index contributed by atoms with van der Waals surface area (Å²) in [7, 11) is 0. The normalized spacial score (nSPS) is 10.5. The Bertz CT molecular complexity index is 903. The largest absolute Gasteiger partial charge is 0.356 e. The molecule has 5 nitrogen and oxygen atoms in total. The number of benzene rings is 1. The van der Waals surface area contributed by atoms with E-state index in [0.717, 1.165) is 5.56 Å². The van der Waals surface area contributed by atoms with E-state index in [-0.39, 0.29) is 33.0 Å². The van der Waals surface area contributed by atoms with Crippen molar-refractivity contribution in [3.63, 3.8) is 0 Å². The SMILES string of the molecule is O=C(NCc1ccncc1)c1cc(C(=O)c2c(Cl)cccc2Cl)c[nH]1. The molecule has 0 bridgehead atoms. The van der Waals surface area contributed by atoms with Crippen LogP contribution in [0.25, 0.3) is 0 Å². The van der Waals surface area contributed by atoms with E-state index >= 15 is 0 Å². The lowest BCUT2D eigenvalue weighted by Crippen LogP contribution is -2.23. The van der Waals surface area contributed by atoms with Gasteiger partial charge in [0.15, 0.2) is 5.78 Å². The number of H-pyrrole nitrogens is 1. The Balaban J connectivity index is 1.73. The van der Waals surface area contributed by atoms with Crippen LogP contribution < -0.4 is 5.32 Å². The number of carbonyl (C=O) groups excluding carboxylic acids is 2. The summed E-state index contributed by atoms with van der Waals surface area (Å²) in [5, 5.41) is 3.30. The number of nitrogens with zero attached hydrogens (tertiary/aromatic N) is 1. The van der Waals surface area contributed by atoms with Crippen molar-refractivity contribution in [1.82, 2.24) is 15.3 Å². The summed E-state index contributed by atoms with van der Waals surface area (Å²) in [5.74, 6) is -0.666. The second-order valence-electron chi connectivity index (χ2n) is 5.27. The van der Waals surface area contributed by atoms with E-state index in [1.807, 2.05) is 12.1 Å². The molecule has 0 saturated heterocycles. The molecular formula is C18H13Cl2N3O2. The van der Waals surface area contributed by atoms with Crippen LogP contribution in [0.2, 0.25) is 10.0 Å². The fourth-order valence-corrected chi connectivity index (χ4v) is 2.86. The first-order valence-electron chi connectivity index (χ1n) is 7.40. The molecular weight excluding hydrogens is 361 g/mol. The van der Waals surface area contributed by atoms with Crippen LogP contribution in [0.1, 0.15) is 32.0 Å². The summed E-state index contributed by atoms with van der Waals surface area (Å²) in [6, 6.07) is 9.94. The van der Waals surface area contributed by atoms with Gasteiger partial charge in [0.2, 0.25) is 0 Å². The molecule has 0 saturated carbocycles. The monoisotopic (exact) mass is 373 g/mol. The van der Waals surface area contributed by atoms with E-state index in [9.17, 15) is 9.59 Å². The van der Waals surface area contributed by atoms with Crippen LogP contribution in [-0.4, -0.2) is 21.7 Å². The van der Waals surface area contributed by atoms with Crippen LogP contribution >= 0.6 is 23.2 Å². The van der Waals surface area contributed by atoms with Crippen molar-refractivity contribution in [2.45, 2.75) is 6.54 Å². The van der Waals surface area contributed by atoms with Gasteiger partial charge in [-0.25, -0.2) is 0 Å². The number of aromatic nitrogens is 2. The molecule has 25 heavy (non-hydrogen) atoms. The van der Waals surface area contributed by atoms with Crippen molar-refractivity contribution in [3.8, 4) is 0 Å². The van der Waals surface area contributed by atoms with Gasteiger partial charge < -0.3 is 10.3 Å². The van der Waals surface area contributed by atoms with E-state index in [4.69, 9.17) is 23.2 Å². The number of amides is 1. The fraction of sp³-hybridized carbons (Fsp3) is 0.0556. The van der Waals surface area contributed by atoms with Crippen LogP contribution in [0.3, 0.4) is 0 Å². The topological polar surface area (TPSA) is 74.8 Å². The maximum Gasteiger partial charge on any atom is 0.267 e. The van der Waals surface area contributed by atoms with Crippen molar-refractivity contribution in [2.24, 2.45) is 0 Å². The van der Waals surface area contributed by atoms with Crippen LogP contribution in [-0.2, 0) is 6.54 Å². The maximum absolute atomic E-state index is 12.6. The highest BCUT2D eigenvalue weighted by Gasteiger charge is 2.19. The molecule has 126 valence electrons. The van der Waals surface area contributed by atoms with Gasteiger partial charge in [-0.15, -0.1) is 0 Å². The maximum atomic E-state index is 12.6. The molecule has 2 aromatic heterocycles. The molecule has 0 unspecified atom stereocenters. The summed E-state index contributed by atoms with van der Waals surface area (Å²) >= 11 is 12.1. The molecule has 0 fully saturated rings. The number of pyridine rings is 1. The molecule has 0 aliphatic carbocycles. The lowest BCUT2D eigenvalue weighted by Gasteiger charge is -2.04. The highest BCUT2D eigenvalue weighted by Crippen LogP contribution is 2.27. The second-order valence-corrected chi connectivity index (χ2v) is 6.08. The van der Waals surface area contributed by atoms with Crippen molar-refractivity contribution >= 4 is 34.9 Å². The first-order valence-corrected chi connectivity index (χ1v) is 8.16. The molecule has 2 N–H and O–H groups in total. The average Bonchev–Trinajstić information content (AvgIpc) is 3.10. The summed E-state index contributed by atoms with van der Waals surface area (Å²) in [4.78, 5) is 31.5. The third-order valence-corrected chi connectivity index (χ3v) is 4.21. The van der Waals surface area contributed by atoms with Gasteiger partial charge in [0.25, 0.3) is 5.91 Å². The number of nitrogens with one attached hydrogen (secondary N) is 2. The summed E-state index contributed by atoms with van der Waals surface area (Å²) in [6.07, 6.45) is 4.77. The van der Waals surface area contributed by atoms with Gasteiger partial charge in [-0.1, -0.05) is 29.3 Å². The summed E-state index contributed by atoms with van der Waals surface area (Å²) < 4.78 is 0. The van der Waals surface area contributed by atoms with Gasteiger partial charge in [-0.2, -0.15) is 0 Å². The number of halogens is 2. The molecule has 0 atom stereocenters. The zero-order chi connectivity index (χ0) is 17.8. The quantitative estimate of drug-likeness (QED) is 0.666. The molecule has 0 aliphatic rings. The van der Waals surface area contributed by atoms with Crippen LogP contribution in [0.5, 0.6) is 0 Å².